The highest BCUT2D eigenvalue weighted by molar-refractivity contribution is 6.26. The summed E-state index contributed by atoms with van der Waals surface area (Å²) in [4.78, 5) is 61.6. The lowest BCUT2D eigenvalue weighted by Gasteiger charge is -2.28. The zero-order valence-electron chi connectivity index (χ0n) is 25.2. The number of benzene rings is 3. The van der Waals surface area contributed by atoms with Gasteiger partial charge in [0.15, 0.2) is 0 Å². The van der Waals surface area contributed by atoms with Crippen LogP contribution in [0, 0.1) is 0 Å². The number of Topliss-reactive ketones (excluding diaryl/α,β-unsaturated/α-hetero) is 1. The molecule has 45 heavy (non-hydrogen) atoms. The molecule has 0 bridgehead atoms. The minimum atomic E-state index is -0.263. The maximum absolute atomic E-state index is 13.5. The largest absolute Gasteiger partial charge is 0.378 e. The third-order valence-corrected chi connectivity index (χ3v) is 8.81. The van der Waals surface area contributed by atoms with Crippen molar-refractivity contribution in [1.82, 2.24) is 14.8 Å². The van der Waals surface area contributed by atoms with Crippen molar-refractivity contribution in [2.75, 3.05) is 37.7 Å². The molecule has 0 saturated carbocycles. The molecule has 1 fully saturated rings. The zero-order chi connectivity index (χ0) is 31.2. The molecule has 226 valence electrons. The van der Waals surface area contributed by atoms with Crippen molar-refractivity contribution in [3.63, 3.8) is 0 Å². The van der Waals surface area contributed by atoms with Gasteiger partial charge in [0.05, 0.1) is 35.8 Å². The summed E-state index contributed by atoms with van der Waals surface area (Å²) in [5.74, 6) is -0.498. The number of aromatic nitrogens is 1. The molecule has 3 aliphatic rings. The van der Waals surface area contributed by atoms with Gasteiger partial charge in [0.1, 0.15) is 0 Å². The third-order valence-electron chi connectivity index (χ3n) is 8.81. The number of fused-ring (bicyclic) bond motifs is 3. The number of hydrogen-bond donors (Lipinski definition) is 0. The minimum absolute atomic E-state index is 0.0569. The Morgan fingerprint density at radius 3 is 2.40 bits per heavy atom. The molecule has 3 amide bonds. The third kappa shape index (κ3) is 5.19. The Morgan fingerprint density at radius 1 is 0.822 bits per heavy atom. The number of carbonyl (C=O) groups excluding carboxylic acids is 4. The molecule has 0 atom stereocenters. The number of ketones is 1. The number of amides is 3. The van der Waals surface area contributed by atoms with E-state index in [4.69, 9.17) is 9.72 Å². The summed E-state index contributed by atoms with van der Waals surface area (Å²) >= 11 is 0. The van der Waals surface area contributed by atoms with E-state index in [0.29, 0.717) is 67.4 Å². The molecule has 3 aromatic carbocycles. The molecule has 0 aliphatic carbocycles. The summed E-state index contributed by atoms with van der Waals surface area (Å²) < 4.78 is 5.44. The first kappa shape index (κ1) is 28.6. The lowest BCUT2D eigenvalue weighted by Crippen LogP contribution is -2.40. The predicted molar refractivity (Wildman–Crippen MR) is 171 cm³/mol. The summed E-state index contributed by atoms with van der Waals surface area (Å²) in [6, 6.07) is 20.7. The Kier molecular flexibility index (Phi) is 7.25. The minimum Gasteiger partial charge on any atom is -0.378 e. The van der Waals surface area contributed by atoms with Crippen LogP contribution < -0.4 is 4.90 Å². The normalized spacial score (nSPS) is 17.1. The Labute approximate surface area is 260 Å². The standard InChI is InChI=1S/C36H32N4O5/c1-22(41)39-12-11-24-17-25(7-8-27(24)21-39)30-19-28(20-34-35(43)29-5-3-4-6-33(29)40(34)23(2)42)37-32-10-9-26(18-31(30)32)36(44)38-13-15-45-16-14-38/h3-10,17-20H,11-16,21H2,1-2H3/b34-20-. The molecule has 3 aliphatic heterocycles. The van der Waals surface area contributed by atoms with E-state index < -0.39 is 0 Å². The zero-order valence-corrected chi connectivity index (χ0v) is 25.2. The maximum atomic E-state index is 13.5. The molecule has 9 nitrogen and oxygen atoms in total. The molecule has 0 spiro atoms. The number of pyridine rings is 1. The summed E-state index contributed by atoms with van der Waals surface area (Å²) in [5.41, 5.74) is 7.10. The van der Waals surface area contributed by atoms with Crippen LogP contribution in [0.25, 0.3) is 28.1 Å². The SMILES string of the molecule is CC(=O)N1CCc2cc(-c3cc(/C=C4/C(=O)c5ccccc5N4C(C)=O)nc4ccc(C(=O)N5CCOCC5)cc34)ccc2C1. The molecular formula is C36H32N4O5. The van der Waals surface area contributed by atoms with Crippen molar-refractivity contribution < 1.29 is 23.9 Å². The van der Waals surface area contributed by atoms with Crippen LogP contribution in [0.15, 0.2) is 72.4 Å². The van der Waals surface area contributed by atoms with E-state index in [2.05, 4.69) is 12.1 Å². The Bertz CT molecular complexity index is 1940. The van der Waals surface area contributed by atoms with Gasteiger partial charge in [0.25, 0.3) is 5.91 Å². The monoisotopic (exact) mass is 600 g/mol. The molecule has 0 N–H and O–H groups in total. The fraction of sp³-hybridized carbons (Fsp3) is 0.250. The van der Waals surface area contributed by atoms with Crippen LogP contribution >= 0.6 is 0 Å². The van der Waals surface area contributed by atoms with Crippen molar-refractivity contribution >= 4 is 46.2 Å². The van der Waals surface area contributed by atoms with Crippen LogP contribution in [0.4, 0.5) is 5.69 Å². The second-order valence-corrected chi connectivity index (χ2v) is 11.6. The summed E-state index contributed by atoms with van der Waals surface area (Å²) in [6.07, 6.45) is 2.41. The molecule has 7 rings (SSSR count). The van der Waals surface area contributed by atoms with Gasteiger partial charge < -0.3 is 14.5 Å². The second kappa shape index (κ2) is 11.4. The van der Waals surface area contributed by atoms with E-state index in [1.807, 2.05) is 29.2 Å². The fourth-order valence-corrected chi connectivity index (χ4v) is 6.47. The van der Waals surface area contributed by atoms with Gasteiger partial charge >= 0.3 is 0 Å². The van der Waals surface area contributed by atoms with Crippen molar-refractivity contribution in [1.29, 1.82) is 0 Å². The average Bonchev–Trinajstić information content (AvgIpc) is 3.34. The van der Waals surface area contributed by atoms with Gasteiger partial charge in [-0.1, -0.05) is 30.3 Å². The second-order valence-electron chi connectivity index (χ2n) is 11.6. The quantitative estimate of drug-likeness (QED) is 0.311. The van der Waals surface area contributed by atoms with E-state index in [-0.39, 0.29) is 29.2 Å². The van der Waals surface area contributed by atoms with E-state index >= 15 is 0 Å². The van der Waals surface area contributed by atoms with Gasteiger partial charge in [0, 0.05) is 56.5 Å². The van der Waals surface area contributed by atoms with E-state index in [9.17, 15) is 19.2 Å². The molecule has 4 heterocycles. The number of hydrogen-bond acceptors (Lipinski definition) is 6. The molecule has 1 saturated heterocycles. The highest BCUT2D eigenvalue weighted by Gasteiger charge is 2.34. The first-order valence-corrected chi connectivity index (χ1v) is 15.1. The predicted octanol–water partition coefficient (Wildman–Crippen LogP) is 4.87. The van der Waals surface area contributed by atoms with Gasteiger partial charge in [-0.3, -0.25) is 24.1 Å². The highest BCUT2D eigenvalue weighted by atomic mass is 16.5. The number of nitrogens with zero attached hydrogens (tertiary/aromatic N) is 4. The van der Waals surface area contributed by atoms with Gasteiger partial charge in [0.2, 0.25) is 17.6 Å². The number of ether oxygens (including phenoxy) is 1. The first-order chi connectivity index (χ1) is 21.8. The first-order valence-electron chi connectivity index (χ1n) is 15.1. The van der Waals surface area contributed by atoms with Gasteiger partial charge in [-0.2, -0.15) is 0 Å². The Morgan fingerprint density at radius 2 is 1.62 bits per heavy atom. The number of anilines is 1. The van der Waals surface area contributed by atoms with Crippen molar-refractivity contribution in [2.45, 2.75) is 26.8 Å². The van der Waals surface area contributed by atoms with Crippen molar-refractivity contribution in [3.05, 3.63) is 100 Å². The van der Waals surface area contributed by atoms with Crippen LogP contribution in [0.1, 0.15) is 51.4 Å². The van der Waals surface area contributed by atoms with Crippen LogP contribution in [0.3, 0.4) is 0 Å². The van der Waals surface area contributed by atoms with Crippen molar-refractivity contribution in [2.24, 2.45) is 0 Å². The Balaban J connectivity index is 1.36. The molecule has 0 radical (unpaired) electrons. The molecule has 0 unspecified atom stereocenters. The van der Waals surface area contributed by atoms with Crippen LogP contribution in [-0.4, -0.2) is 71.1 Å². The average molecular weight is 601 g/mol. The number of allylic oxidation sites excluding steroid dienone is 1. The number of carbonyl (C=O) groups is 4. The molecule has 4 aromatic rings. The van der Waals surface area contributed by atoms with Crippen LogP contribution in [0.2, 0.25) is 0 Å². The molecular weight excluding hydrogens is 568 g/mol. The number of rotatable bonds is 3. The highest BCUT2D eigenvalue weighted by Crippen LogP contribution is 2.37. The van der Waals surface area contributed by atoms with Gasteiger partial charge in [-0.05, 0) is 71.1 Å². The van der Waals surface area contributed by atoms with Gasteiger partial charge in [-0.25, -0.2) is 4.98 Å². The van der Waals surface area contributed by atoms with E-state index in [1.54, 1.807) is 48.2 Å². The Hall–Kier alpha value is -5.15. The molecule has 1 aromatic heterocycles. The summed E-state index contributed by atoms with van der Waals surface area (Å²) in [6.45, 7) is 6.37. The van der Waals surface area contributed by atoms with E-state index in [0.717, 1.165) is 28.5 Å². The summed E-state index contributed by atoms with van der Waals surface area (Å²) in [7, 11) is 0. The van der Waals surface area contributed by atoms with Crippen LogP contribution in [-0.2, 0) is 27.3 Å². The van der Waals surface area contributed by atoms with E-state index in [1.165, 1.54) is 17.4 Å². The number of para-hydroxylation sites is 1. The lowest BCUT2D eigenvalue weighted by molar-refractivity contribution is -0.129. The fourth-order valence-electron chi connectivity index (χ4n) is 6.47. The topological polar surface area (TPSA) is 100 Å². The van der Waals surface area contributed by atoms with Gasteiger partial charge in [-0.15, -0.1) is 0 Å². The van der Waals surface area contributed by atoms with Crippen molar-refractivity contribution in [3.8, 4) is 11.1 Å². The smallest absolute Gasteiger partial charge is 0.254 e. The maximum Gasteiger partial charge on any atom is 0.254 e. The number of morpholine rings is 1. The summed E-state index contributed by atoms with van der Waals surface area (Å²) in [5, 5.41) is 0.807. The molecule has 9 heteroatoms. The lowest BCUT2D eigenvalue weighted by atomic mass is 9.92. The van der Waals surface area contributed by atoms with Crippen LogP contribution in [0.5, 0.6) is 0 Å².